The highest BCUT2D eigenvalue weighted by Gasteiger charge is 2.58. The van der Waals surface area contributed by atoms with E-state index in [0.717, 1.165) is 43.8 Å². The van der Waals surface area contributed by atoms with E-state index >= 15 is 0 Å². The van der Waals surface area contributed by atoms with Crippen LogP contribution in [0.4, 0.5) is 16.4 Å². The first-order chi connectivity index (χ1) is 37.5. The number of amidine groups is 4. The van der Waals surface area contributed by atoms with Crippen LogP contribution in [0.1, 0.15) is 67.7 Å². The molecule has 6 bridgehead atoms. The maximum absolute atomic E-state index is 13.1. The minimum atomic E-state index is -5.29. The number of nitrogens with zero attached hydrogens (tertiary/aromatic N) is 8. The van der Waals surface area contributed by atoms with Crippen molar-refractivity contribution in [3.8, 4) is 0 Å². The Kier molecular flexibility index (Phi) is 15.1. The van der Waals surface area contributed by atoms with Gasteiger partial charge in [-0.3, -0.25) is 22.4 Å². The second-order valence-corrected chi connectivity index (χ2v) is 36.1. The van der Waals surface area contributed by atoms with Gasteiger partial charge in [0.1, 0.15) is 28.4 Å². The second kappa shape index (κ2) is 21.6. The summed E-state index contributed by atoms with van der Waals surface area (Å²) in [5, 5.41) is 10.7. The highest BCUT2D eigenvalue weighted by atomic mass is 32.3. The van der Waals surface area contributed by atoms with E-state index in [4.69, 9.17) is 38.2 Å². The zero-order valence-electron chi connectivity index (χ0n) is 44.1. The summed E-state index contributed by atoms with van der Waals surface area (Å²) < 4.78 is 83.7. The standard InChI is InChI=1S/C52H59N11O11S2Si3/c1-33(64)18-6-15-27-42(65)53-28-16-30-77(2,3)73-79(74-78(4,5)31-17-29-54-52(66)55-32-43(75(67,68)69)76(70,71)72)62-48-38-23-11-12-24-39(38)50(62)60-46-36-21-9-10-22-37(36)47(57-46)61-51-41-26-14-13-25-40(41)49(63(51)79)59-45-35-20-8-7-19-34(35)44(56-45)58-48/h7-14,19-26,43H,6,15-18,27-32H2,1-5H3,(H,53,65)(H2,54,55,66)(H,67,68,69)(H,70,71,72). The predicted octanol–water partition coefficient (Wildman–Crippen LogP) is 6.26. The molecule has 6 aromatic rings. The number of unbranched alkanes of at least 4 members (excludes halogenated alkanes) is 1. The first kappa shape index (κ1) is 55.4. The van der Waals surface area contributed by atoms with Crippen LogP contribution in [0.5, 0.6) is 0 Å². The number of carbonyl (C=O) groups is 3. The van der Waals surface area contributed by atoms with Crippen LogP contribution >= 0.6 is 0 Å². The largest absolute Gasteiger partial charge is 0.582 e. The molecule has 0 saturated heterocycles. The predicted molar refractivity (Wildman–Crippen MR) is 308 cm³/mol. The normalized spacial score (nSPS) is 16.5. The van der Waals surface area contributed by atoms with Gasteiger partial charge >= 0.3 is 14.9 Å². The van der Waals surface area contributed by atoms with Crippen LogP contribution < -0.4 is 26.9 Å². The molecule has 2 aromatic heterocycles. The number of fused-ring (bicyclic) bond motifs is 14. The van der Waals surface area contributed by atoms with Gasteiger partial charge in [0.05, 0.1) is 6.54 Å². The van der Waals surface area contributed by atoms with Gasteiger partial charge < -0.3 is 29.0 Å². The molecular formula is C52H59N11O11S2Si3. The van der Waals surface area contributed by atoms with Gasteiger partial charge in [-0.15, -0.1) is 0 Å². The van der Waals surface area contributed by atoms with E-state index in [1.54, 1.807) is 6.92 Å². The fourth-order valence-electron chi connectivity index (χ4n) is 10.3. The van der Waals surface area contributed by atoms with Crippen LogP contribution in [0.2, 0.25) is 38.3 Å². The van der Waals surface area contributed by atoms with Gasteiger partial charge in [0.25, 0.3) is 20.2 Å². The number of carbonyl (C=O) groups excluding carboxylic acids is 3. The van der Waals surface area contributed by atoms with E-state index in [1.165, 1.54) is 0 Å². The third kappa shape index (κ3) is 11.3. The molecule has 0 aliphatic carbocycles. The van der Waals surface area contributed by atoms with Crippen molar-refractivity contribution in [1.82, 2.24) is 24.4 Å². The van der Waals surface area contributed by atoms with Gasteiger partial charge in [-0.2, -0.15) is 16.8 Å². The Labute approximate surface area is 458 Å². The van der Waals surface area contributed by atoms with Gasteiger partial charge in [0.15, 0.2) is 40.0 Å². The summed E-state index contributed by atoms with van der Waals surface area (Å²) in [7, 11) is -21.6. The minimum Gasteiger partial charge on any atom is -0.404 e. The monoisotopic (exact) mass is 1160 g/mol. The van der Waals surface area contributed by atoms with Crippen LogP contribution in [0, 0.1) is 0 Å². The number of aromatic nitrogens is 2. The number of ketones is 1. The summed E-state index contributed by atoms with van der Waals surface area (Å²) in [6.45, 7) is 9.16. The van der Waals surface area contributed by atoms with E-state index in [0.29, 0.717) is 103 Å². The Morgan fingerprint density at radius 2 is 0.949 bits per heavy atom. The lowest BCUT2D eigenvalue weighted by molar-refractivity contribution is -0.121. The zero-order chi connectivity index (χ0) is 56.1. The SMILES string of the molecule is CC(=O)CCCCC(=O)NCCC[Si](C)(C)O[Si]1(O[Si](C)(C)CCCNC(=O)NCC(S(=O)(=O)O)S(=O)(=O)O)n2c3c4ccccc4c2N=C2N=C(N=c4c5ccccc5c(n41)=NC1=NC(=N3)c3ccccc31)c1ccccc12. The molecule has 10 rings (SSSR count). The van der Waals surface area contributed by atoms with E-state index in [9.17, 15) is 40.3 Å². The topological polar surface area (TPSA) is 299 Å². The highest BCUT2D eigenvalue weighted by molar-refractivity contribution is 8.04. The number of hydrogen-bond acceptors (Lipinski definition) is 15. The summed E-state index contributed by atoms with van der Waals surface area (Å²) in [5.41, 5.74) is 4.00. The summed E-state index contributed by atoms with van der Waals surface area (Å²) in [5.74, 6) is 2.59. The van der Waals surface area contributed by atoms with Crippen LogP contribution in [0.15, 0.2) is 127 Å². The fourth-order valence-corrected chi connectivity index (χ4v) is 24.7. The number of hydrogen-bond donors (Lipinski definition) is 5. The minimum absolute atomic E-state index is 0.0160. The number of urea groups is 1. The Hall–Kier alpha value is -6.96. The summed E-state index contributed by atoms with van der Waals surface area (Å²) in [6.07, 6.45) is 2.84. The van der Waals surface area contributed by atoms with Crippen LogP contribution in [0.25, 0.3) is 21.5 Å². The first-order valence-electron chi connectivity index (χ1n) is 25.9. The molecule has 4 aliphatic heterocycles. The molecule has 0 saturated carbocycles. The van der Waals surface area contributed by atoms with Crippen molar-refractivity contribution in [2.75, 3.05) is 19.6 Å². The van der Waals surface area contributed by atoms with Gasteiger partial charge in [-0.25, -0.2) is 34.7 Å². The molecule has 22 nitrogen and oxygen atoms in total. The van der Waals surface area contributed by atoms with Gasteiger partial charge in [-0.05, 0) is 70.9 Å². The van der Waals surface area contributed by atoms with Gasteiger partial charge in [-0.1, -0.05) is 97.1 Å². The van der Waals surface area contributed by atoms with Crippen molar-refractivity contribution in [1.29, 1.82) is 0 Å². The third-order valence-electron chi connectivity index (χ3n) is 13.9. The molecule has 4 aromatic carbocycles. The molecule has 79 heavy (non-hydrogen) atoms. The number of nitrogens with one attached hydrogen (secondary N) is 3. The van der Waals surface area contributed by atoms with Crippen LogP contribution in [-0.4, -0.2) is 125 Å². The maximum Gasteiger partial charge on any atom is 0.582 e. The average Bonchev–Trinajstić information content (AvgIpc) is 2.18. The molecule has 6 heterocycles. The number of benzene rings is 4. The lowest BCUT2D eigenvalue weighted by Gasteiger charge is -2.43. The molecule has 3 amide bonds. The maximum atomic E-state index is 13.1. The Balaban J connectivity index is 1.17. The molecular weight excluding hydrogens is 1100 g/mol. The lowest BCUT2D eigenvalue weighted by atomic mass is 10.1. The number of amides is 3. The summed E-state index contributed by atoms with van der Waals surface area (Å²) in [4.78, 5) is 70.1. The molecule has 412 valence electrons. The Morgan fingerprint density at radius 1 is 0.544 bits per heavy atom. The fraction of sp³-hybridized carbons (Fsp3) is 0.327. The van der Waals surface area contributed by atoms with Crippen molar-refractivity contribution in [2.45, 2.75) is 88.3 Å². The number of rotatable bonds is 21. The van der Waals surface area contributed by atoms with Crippen molar-refractivity contribution >= 4 is 120 Å². The van der Waals surface area contributed by atoms with E-state index < -0.39 is 62.9 Å². The quantitative estimate of drug-likeness (QED) is 0.0304. The van der Waals surface area contributed by atoms with E-state index in [2.05, 4.69) is 29.0 Å². The van der Waals surface area contributed by atoms with Crippen LogP contribution in [-0.2, 0) is 38.1 Å². The molecule has 0 radical (unpaired) electrons. The number of Topliss-reactive ketones (excluding diaryl/α,β-unsaturated/α-hetero) is 1. The molecule has 0 fully saturated rings. The van der Waals surface area contributed by atoms with E-state index in [-0.39, 0.29) is 18.2 Å². The molecule has 27 heteroatoms. The smallest absolute Gasteiger partial charge is 0.404 e. The van der Waals surface area contributed by atoms with Crippen molar-refractivity contribution in [3.05, 3.63) is 130 Å². The Bertz CT molecular complexity index is 3810. The molecule has 4 aliphatic rings. The highest BCUT2D eigenvalue weighted by Crippen LogP contribution is 2.45. The van der Waals surface area contributed by atoms with Gasteiger partial charge in [0, 0.05) is 69.7 Å². The zero-order valence-corrected chi connectivity index (χ0v) is 48.7. The molecule has 0 spiro atoms. The molecule has 5 N–H and O–H groups in total. The van der Waals surface area contributed by atoms with Crippen molar-refractivity contribution in [3.63, 3.8) is 0 Å². The molecule has 1 unspecified atom stereocenters. The van der Waals surface area contributed by atoms with Gasteiger partial charge in [0.2, 0.25) is 10.5 Å². The van der Waals surface area contributed by atoms with E-state index in [1.807, 2.05) is 119 Å². The summed E-state index contributed by atoms with van der Waals surface area (Å²) >= 11 is 0. The van der Waals surface area contributed by atoms with Crippen molar-refractivity contribution in [2.24, 2.45) is 30.0 Å². The number of aliphatic imine (C=N–C) groups is 4. The second-order valence-electron chi connectivity index (χ2n) is 20.9. The summed E-state index contributed by atoms with van der Waals surface area (Å²) in [6, 6.07) is 31.3. The van der Waals surface area contributed by atoms with Crippen LogP contribution in [0.3, 0.4) is 0 Å². The lowest BCUT2D eigenvalue weighted by Crippen LogP contribution is -2.70. The Morgan fingerprint density at radius 3 is 1.39 bits per heavy atom. The first-order valence-corrected chi connectivity index (χ1v) is 36.8. The van der Waals surface area contributed by atoms with Crippen molar-refractivity contribution < 1.29 is 48.6 Å². The average molecular weight is 1160 g/mol. The third-order valence-corrected chi connectivity index (χ3v) is 28.7. The molecule has 1 atom stereocenters.